The Morgan fingerprint density at radius 2 is 2.21 bits per heavy atom. The van der Waals surface area contributed by atoms with Gasteiger partial charge in [0, 0.05) is 29.1 Å². The van der Waals surface area contributed by atoms with Gasteiger partial charge in [-0.1, -0.05) is 18.5 Å². The number of rotatable bonds is 2. The van der Waals surface area contributed by atoms with Crippen molar-refractivity contribution in [3.63, 3.8) is 0 Å². The summed E-state index contributed by atoms with van der Waals surface area (Å²) in [6, 6.07) is 4.60. The lowest BCUT2D eigenvalue weighted by atomic mass is 9.79. The van der Waals surface area contributed by atoms with Gasteiger partial charge < -0.3 is 14.9 Å². The number of benzene rings is 1. The maximum atomic E-state index is 12.4. The minimum absolute atomic E-state index is 0.0786. The molecule has 102 valence electrons. The molecule has 1 saturated heterocycles. The van der Waals surface area contributed by atoms with E-state index in [9.17, 15) is 14.8 Å². The Morgan fingerprint density at radius 1 is 1.47 bits per heavy atom. The zero-order chi connectivity index (χ0) is 14.0. The van der Waals surface area contributed by atoms with E-state index in [0.717, 1.165) is 25.9 Å². The van der Waals surface area contributed by atoms with E-state index in [2.05, 4.69) is 6.92 Å². The van der Waals surface area contributed by atoms with Gasteiger partial charge in [0.15, 0.2) is 0 Å². The molecule has 1 amide bonds. The van der Waals surface area contributed by atoms with Crippen molar-refractivity contribution >= 4 is 30.1 Å². The monoisotopic (exact) mass is 281 g/mol. The second-order valence-corrected chi connectivity index (χ2v) is 5.52. The average molecular weight is 282 g/mol. The number of likely N-dealkylation sites (tertiary alicyclic amines) is 1. The van der Waals surface area contributed by atoms with E-state index in [1.165, 1.54) is 12.1 Å². The number of halogens is 1. The summed E-state index contributed by atoms with van der Waals surface area (Å²) in [5.74, 6) is 0.429. The summed E-state index contributed by atoms with van der Waals surface area (Å²) in [6.07, 6.45) is 2.15. The average Bonchev–Trinajstić information content (AvgIpc) is 2.38. The quantitative estimate of drug-likeness (QED) is 0.792. The molecule has 19 heavy (non-hydrogen) atoms. The largest absolute Gasteiger partial charge is 0.489 e. The molecule has 1 atom stereocenters. The van der Waals surface area contributed by atoms with Gasteiger partial charge in [0.1, 0.15) is 0 Å². The van der Waals surface area contributed by atoms with Crippen molar-refractivity contribution < 1.29 is 14.8 Å². The summed E-state index contributed by atoms with van der Waals surface area (Å²) >= 11 is 5.86. The van der Waals surface area contributed by atoms with E-state index in [-0.39, 0.29) is 16.4 Å². The Labute approximate surface area is 118 Å². The Kier molecular flexibility index (Phi) is 4.50. The normalized spacial score (nSPS) is 19.4. The predicted molar refractivity (Wildman–Crippen MR) is 75.6 cm³/mol. The second-order valence-electron chi connectivity index (χ2n) is 5.11. The van der Waals surface area contributed by atoms with Gasteiger partial charge in [0.25, 0.3) is 5.91 Å². The van der Waals surface area contributed by atoms with Crippen molar-refractivity contribution in [2.45, 2.75) is 19.8 Å². The number of carbonyl (C=O) groups is 1. The highest BCUT2D eigenvalue weighted by molar-refractivity contribution is 6.62. The van der Waals surface area contributed by atoms with Crippen LogP contribution in [0.25, 0.3) is 0 Å². The smallest absolute Gasteiger partial charge is 0.423 e. The minimum atomic E-state index is -1.67. The Hall–Kier alpha value is -1.04. The minimum Gasteiger partial charge on any atom is -0.423 e. The highest BCUT2D eigenvalue weighted by Gasteiger charge is 2.24. The molecule has 1 aliphatic rings. The van der Waals surface area contributed by atoms with Crippen LogP contribution >= 0.6 is 11.6 Å². The van der Waals surface area contributed by atoms with Gasteiger partial charge in [-0.15, -0.1) is 0 Å². The number of amides is 1. The molecular weight excluding hydrogens is 264 g/mol. The van der Waals surface area contributed by atoms with Crippen LogP contribution in [0.15, 0.2) is 18.2 Å². The molecule has 0 aromatic heterocycles. The molecule has 2 N–H and O–H groups in total. The summed E-state index contributed by atoms with van der Waals surface area (Å²) in [5.41, 5.74) is 0.610. The molecule has 6 heteroatoms. The topological polar surface area (TPSA) is 60.8 Å². The summed E-state index contributed by atoms with van der Waals surface area (Å²) in [6.45, 7) is 3.63. The first-order valence-electron chi connectivity index (χ1n) is 6.44. The molecule has 0 unspecified atom stereocenters. The molecule has 0 saturated carbocycles. The molecule has 1 aromatic rings. The molecule has 1 aliphatic heterocycles. The standard InChI is InChI=1S/C13H17BClNO3/c1-9-3-2-6-16(8-9)13(17)10-4-5-12(15)11(7-10)14(18)19/h4-5,7,9,18-19H,2-3,6,8H2,1H3/t9-/m0/s1. The number of nitrogens with zero attached hydrogens (tertiary/aromatic N) is 1. The van der Waals surface area contributed by atoms with E-state index in [4.69, 9.17) is 11.6 Å². The fourth-order valence-corrected chi connectivity index (χ4v) is 2.65. The maximum Gasteiger partial charge on any atom is 0.489 e. The van der Waals surface area contributed by atoms with Gasteiger partial charge in [0.05, 0.1) is 0 Å². The van der Waals surface area contributed by atoms with E-state index in [1.54, 1.807) is 6.07 Å². The molecule has 0 aliphatic carbocycles. The molecule has 2 rings (SSSR count). The zero-order valence-corrected chi connectivity index (χ0v) is 11.6. The molecular formula is C13H17BClNO3. The Balaban J connectivity index is 2.21. The number of carbonyl (C=O) groups excluding carboxylic acids is 1. The molecule has 1 heterocycles. The maximum absolute atomic E-state index is 12.4. The van der Waals surface area contributed by atoms with Gasteiger partial charge >= 0.3 is 7.12 Å². The third kappa shape index (κ3) is 3.29. The van der Waals surface area contributed by atoms with Crippen LogP contribution in [0.3, 0.4) is 0 Å². The van der Waals surface area contributed by atoms with Crippen LogP contribution < -0.4 is 5.46 Å². The van der Waals surface area contributed by atoms with E-state index in [0.29, 0.717) is 11.5 Å². The van der Waals surface area contributed by atoms with Crippen molar-refractivity contribution in [3.8, 4) is 0 Å². The third-order valence-electron chi connectivity index (χ3n) is 3.47. The van der Waals surface area contributed by atoms with Crippen LogP contribution in [0.5, 0.6) is 0 Å². The molecule has 0 radical (unpaired) electrons. The lowest BCUT2D eigenvalue weighted by Gasteiger charge is -2.31. The Bertz CT molecular complexity index is 481. The third-order valence-corrected chi connectivity index (χ3v) is 3.81. The van der Waals surface area contributed by atoms with Crippen molar-refractivity contribution in [1.82, 2.24) is 4.90 Å². The molecule has 0 bridgehead atoms. The van der Waals surface area contributed by atoms with Crippen molar-refractivity contribution in [1.29, 1.82) is 0 Å². The van der Waals surface area contributed by atoms with Gasteiger partial charge in [-0.05, 0) is 37.0 Å². The molecule has 1 aromatic carbocycles. The van der Waals surface area contributed by atoms with Crippen LogP contribution in [0.4, 0.5) is 0 Å². The van der Waals surface area contributed by atoms with E-state index >= 15 is 0 Å². The molecule has 0 spiro atoms. The lowest BCUT2D eigenvalue weighted by Crippen LogP contribution is -2.40. The van der Waals surface area contributed by atoms with Crippen LogP contribution in [0.1, 0.15) is 30.1 Å². The zero-order valence-electron chi connectivity index (χ0n) is 10.8. The number of hydrogen-bond acceptors (Lipinski definition) is 3. The fourth-order valence-electron chi connectivity index (χ4n) is 2.43. The number of piperidine rings is 1. The summed E-state index contributed by atoms with van der Waals surface area (Å²) in [7, 11) is -1.67. The summed E-state index contributed by atoms with van der Waals surface area (Å²) in [5, 5.41) is 18.7. The van der Waals surface area contributed by atoms with E-state index in [1.807, 2.05) is 4.90 Å². The van der Waals surface area contributed by atoms with Crippen LogP contribution in [-0.2, 0) is 0 Å². The number of hydrogen-bond donors (Lipinski definition) is 2. The summed E-state index contributed by atoms with van der Waals surface area (Å²) < 4.78 is 0. The summed E-state index contributed by atoms with van der Waals surface area (Å²) in [4.78, 5) is 14.2. The van der Waals surface area contributed by atoms with Crippen molar-refractivity contribution in [2.24, 2.45) is 5.92 Å². The van der Waals surface area contributed by atoms with Gasteiger partial charge in [-0.2, -0.15) is 0 Å². The highest BCUT2D eigenvalue weighted by Crippen LogP contribution is 2.18. The van der Waals surface area contributed by atoms with E-state index < -0.39 is 7.12 Å². The lowest BCUT2D eigenvalue weighted by molar-refractivity contribution is 0.0683. The van der Waals surface area contributed by atoms with Crippen molar-refractivity contribution in [3.05, 3.63) is 28.8 Å². The van der Waals surface area contributed by atoms with Crippen molar-refractivity contribution in [2.75, 3.05) is 13.1 Å². The highest BCUT2D eigenvalue weighted by atomic mass is 35.5. The van der Waals surface area contributed by atoms with Gasteiger partial charge in [-0.25, -0.2) is 0 Å². The predicted octanol–water partition coefficient (Wildman–Crippen LogP) is 0.892. The SMILES string of the molecule is C[C@H]1CCCN(C(=O)c2ccc(Cl)c(B(O)O)c2)C1. The molecule has 4 nitrogen and oxygen atoms in total. The van der Waals surface area contributed by atoms with Gasteiger partial charge in [0.2, 0.25) is 0 Å². The second kappa shape index (κ2) is 5.95. The van der Waals surface area contributed by atoms with Crippen LogP contribution in [0, 0.1) is 5.92 Å². The fraction of sp³-hybridized carbons (Fsp3) is 0.462. The molecule has 1 fully saturated rings. The van der Waals surface area contributed by atoms with Crippen LogP contribution in [0.2, 0.25) is 5.02 Å². The van der Waals surface area contributed by atoms with Crippen LogP contribution in [-0.4, -0.2) is 41.1 Å². The van der Waals surface area contributed by atoms with Gasteiger partial charge in [-0.3, -0.25) is 4.79 Å². The Morgan fingerprint density at radius 3 is 2.84 bits per heavy atom. The first-order valence-corrected chi connectivity index (χ1v) is 6.81. The first-order chi connectivity index (χ1) is 8.99. The first kappa shape index (κ1) is 14.4.